The average Bonchev–Trinajstić information content (AvgIpc) is 3.33. The molecule has 1 aromatic carbocycles. The number of hydrogen-bond donors (Lipinski definition) is 1. The standard InChI is InChI=1S/C17H25ClN2O.ClH/c1-21-17-4-2-3-16(18)15(17)12-20-9-7-14(8-10-20)19-11-13-5-6-13;/h2-4,13-14,19H,5-12H2,1H3;1H. The highest BCUT2D eigenvalue weighted by Crippen LogP contribution is 2.29. The van der Waals surface area contributed by atoms with E-state index < -0.39 is 0 Å². The number of likely N-dealkylation sites (tertiary alicyclic amines) is 1. The highest BCUT2D eigenvalue weighted by molar-refractivity contribution is 6.31. The summed E-state index contributed by atoms with van der Waals surface area (Å²) in [5.74, 6) is 1.87. The summed E-state index contributed by atoms with van der Waals surface area (Å²) in [5.41, 5.74) is 1.12. The number of methoxy groups -OCH3 is 1. The molecule has 0 atom stereocenters. The smallest absolute Gasteiger partial charge is 0.124 e. The number of rotatable bonds is 6. The molecule has 1 aliphatic carbocycles. The maximum absolute atomic E-state index is 6.33. The molecule has 2 aliphatic rings. The van der Waals surface area contributed by atoms with E-state index in [-0.39, 0.29) is 12.4 Å². The van der Waals surface area contributed by atoms with Gasteiger partial charge in [-0.2, -0.15) is 0 Å². The van der Waals surface area contributed by atoms with Gasteiger partial charge in [0.25, 0.3) is 0 Å². The molecule has 0 bridgehead atoms. The molecule has 1 saturated heterocycles. The first-order chi connectivity index (χ1) is 10.3. The average molecular weight is 345 g/mol. The van der Waals surface area contributed by atoms with Crippen molar-refractivity contribution in [3.63, 3.8) is 0 Å². The Balaban J connectivity index is 0.00000176. The molecule has 22 heavy (non-hydrogen) atoms. The number of benzene rings is 1. The topological polar surface area (TPSA) is 24.5 Å². The second kappa shape index (κ2) is 8.39. The van der Waals surface area contributed by atoms with E-state index in [1.807, 2.05) is 18.2 Å². The van der Waals surface area contributed by atoms with Gasteiger partial charge >= 0.3 is 0 Å². The number of ether oxygens (including phenoxy) is 1. The highest BCUT2D eigenvalue weighted by atomic mass is 35.5. The van der Waals surface area contributed by atoms with E-state index in [4.69, 9.17) is 16.3 Å². The Kier molecular flexibility index (Phi) is 6.82. The van der Waals surface area contributed by atoms with Crippen LogP contribution >= 0.6 is 24.0 Å². The Morgan fingerprint density at radius 1 is 1.23 bits per heavy atom. The van der Waals surface area contributed by atoms with Gasteiger partial charge < -0.3 is 10.1 Å². The number of hydrogen-bond acceptors (Lipinski definition) is 3. The van der Waals surface area contributed by atoms with Crippen LogP contribution in [-0.2, 0) is 6.54 Å². The van der Waals surface area contributed by atoms with Crippen LogP contribution < -0.4 is 10.1 Å². The quantitative estimate of drug-likeness (QED) is 0.850. The molecule has 3 nitrogen and oxygen atoms in total. The molecule has 1 N–H and O–H groups in total. The minimum absolute atomic E-state index is 0. The molecular formula is C17H26Cl2N2O. The van der Waals surface area contributed by atoms with Crippen LogP contribution in [0.4, 0.5) is 0 Å². The van der Waals surface area contributed by atoms with Crippen molar-refractivity contribution in [2.45, 2.75) is 38.3 Å². The van der Waals surface area contributed by atoms with Crippen molar-refractivity contribution in [2.75, 3.05) is 26.7 Å². The molecule has 0 radical (unpaired) electrons. The van der Waals surface area contributed by atoms with Crippen LogP contribution in [0.25, 0.3) is 0 Å². The van der Waals surface area contributed by atoms with Crippen LogP contribution in [0.2, 0.25) is 5.02 Å². The first-order valence-corrected chi connectivity index (χ1v) is 8.41. The Labute approximate surface area is 144 Å². The van der Waals surface area contributed by atoms with E-state index >= 15 is 0 Å². The van der Waals surface area contributed by atoms with Gasteiger partial charge in [-0.15, -0.1) is 12.4 Å². The fourth-order valence-electron chi connectivity index (χ4n) is 3.06. The predicted octanol–water partition coefficient (Wildman–Crippen LogP) is 3.73. The van der Waals surface area contributed by atoms with Gasteiger partial charge in [0.1, 0.15) is 5.75 Å². The molecule has 5 heteroatoms. The summed E-state index contributed by atoms with van der Waals surface area (Å²) < 4.78 is 5.44. The lowest BCUT2D eigenvalue weighted by Crippen LogP contribution is -2.42. The SMILES string of the molecule is COc1cccc(Cl)c1CN1CCC(NCC2CC2)CC1.Cl. The summed E-state index contributed by atoms with van der Waals surface area (Å²) in [6.45, 7) is 4.38. The summed E-state index contributed by atoms with van der Waals surface area (Å²) in [4.78, 5) is 2.49. The maximum Gasteiger partial charge on any atom is 0.124 e. The van der Waals surface area contributed by atoms with Gasteiger partial charge in [0.05, 0.1) is 7.11 Å². The van der Waals surface area contributed by atoms with Crippen molar-refractivity contribution in [1.82, 2.24) is 10.2 Å². The fraction of sp³-hybridized carbons (Fsp3) is 0.647. The number of halogens is 2. The number of nitrogens with one attached hydrogen (secondary N) is 1. The molecule has 1 aliphatic heterocycles. The Morgan fingerprint density at radius 2 is 1.95 bits per heavy atom. The minimum atomic E-state index is 0. The monoisotopic (exact) mass is 344 g/mol. The van der Waals surface area contributed by atoms with Gasteiger partial charge in [0, 0.05) is 23.2 Å². The third-order valence-corrected chi connectivity index (χ3v) is 5.01. The van der Waals surface area contributed by atoms with Crippen LogP contribution in [0, 0.1) is 5.92 Å². The Morgan fingerprint density at radius 3 is 2.59 bits per heavy atom. The molecule has 0 spiro atoms. The van der Waals surface area contributed by atoms with Gasteiger partial charge in [-0.25, -0.2) is 0 Å². The van der Waals surface area contributed by atoms with Crippen LogP contribution in [-0.4, -0.2) is 37.7 Å². The number of piperidine rings is 1. The lowest BCUT2D eigenvalue weighted by molar-refractivity contribution is 0.188. The summed E-state index contributed by atoms with van der Waals surface area (Å²) in [5, 5.41) is 4.53. The second-order valence-electron chi connectivity index (χ2n) is 6.32. The largest absolute Gasteiger partial charge is 0.496 e. The van der Waals surface area contributed by atoms with E-state index in [0.717, 1.165) is 41.9 Å². The summed E-state index contributed by atoms with van der Waals surface area (Å²) in [6.07, 6.45) is 5.33. The van der Waals surface area contributed by atoms with Gasteiger partial charge in [-0.1, -0.05) is 17.7 Å². The third kappa shape index (κ3) is 4.76. The van der Waals surface area contributed by atoms with Crippen LogP contribution in [0.5, 0.6) is 5.75 Å². The molecule has 0 amide bonds. The van der Waals surface area contributed by atoms with E-state index in [2.05, 4.69) is 10.2 Å². The lowest BCUT2D eigenvalue weighted by Gasteiger charge is -2.33. The normalized spacial score (nSPS) is 19.7. The Bertz CT molecular complexity index is 472. The summed E-state index contributed by atoms with van der Waals surface area (Å²) in [7, 11) is 1.71. The zero-order valence-electron chi connectivity index (χ0n) is 13.2. The van der Waals surface area contributed by atoms with Gasteiger partial charge in [0.15, 0.2) is 0 Å². The first-order valence-electron chi connectivity index (χ1n) is 8.03. The molecule has 1 saturated carbocycles. The molecule has 1 heterocycles. The molecule has 0 unspecified atom stereocenters. The summed E-state index contributed by atoms with van der Waals surface area (Å²) in [6, 6.07) is 6.59. The highest BCUT2D eigenvalue weighted by Gasteiger charge is 2.25. The van der Waals surface area contributed by atoms with Crippen LogP contribution in [0.1, 0.15) is 31.2 Å². The molecular weight excluding hydrogens is 319 g/mol. The van der Waals surface area contributed by atoms with Gasteiger partial charge in [-0.3, -0.25) is 4.90 Å². The lowest BCUT2D eigenvalue weighted by atomic mass is 10.0. The zero-order valence-corrected chi connectivity index (χ0v) is 14.8. The van der Waals surface area contributed by atoms with E-state index in [1.54, 1.807) is 7.11 Å². The maximum atomic E-state index is 6.33. The van der Waals surface area contributed by atoms with E-state index in [1.165, 1.54) is 32.2 Å². The van der Waals surface area contributed by atoms with E-state index in [9.17, 15) is 0 Å². The molecule has 0 aromatic heterocycles. The van der Waals surface area contributed by atoms with Crippen molar-refractivity contribution in [3.05, 3.63) is 28.8 Å². The van der Waals surface area contributed by atoms with Crippen molar-refractivity contribution < 1.29 is 4.74 Å². The molecule has 3 rings (SSSR count). The Hall–Kier alpha value is -0.480. The first kappa shape index (κ1) is 17.9. The third-order valence-electron chi connectivity index (χ3n) is 4.66. The van der Waals surface area contributed by atoms with Crippen molar-refractivity contribution >= 4 is 24.0 Å². The molecule has 2 fully saturated rings. The number of nitrogens with zero attached hydrogens (tertiary/aromatic N) is 1. The molecule has 124 valence electrons. The molecule has 1 aromatic rings. The van der Waals surface area contributed by atoms with Crippen LogP contribution in [0.15, 0.2) is 18.2 Å². The van der Waals surface area contributed by atoms with Crippen molar-refractivity contribution in [2.24, 2.45) is 5.92 Å². The minimum Gasteiger partial charge on any atom is -0.496 e. The van der Waals surface area contributed by atoms with Crippen LogP contribution in [0.3, 0.4) is 0 Å². The fourth-order valence-corrected chi connectivity index (χ4v) is 3.28. The van der Waals surface area contributed by atoms with Gasteiger partial charge in [-0.05, 0) is 63.4 Å². The van der Waals surface area contributed by atoms with Gasteiger partial charge in [0.2, 0.25) is 0 Å². The predicted molar refractivity (Wildman–Crippen MR) is 94.3 cm³/mol. The summed E-state index contributed by atoms with van der Waals surface area (Å²) >= 11 is 6.33. The second-order valence-corrected chi connectivity index (χ2v) is 6.73. The van der Waals surface area contributed by atoms with Crippen molar-refractivity contribution in [1.29, 1.82) is 0 Å². The van der Waals surface area contributed by atoms with E-state index in [0.29, 0.717) is 6.04 Å². The van der Waals surface area contributed by atoms with Crippen molar-refractivity contribution in [3.8, 4) is 5.75 Å². The zero-order chi connectivity index (χ0) is 14.7.